The molecule has 0 aliphatic carbocycles. The van der Waals surface area contributed by atoms with E-state index in [4.69, 9.17) is 4.42 Å². The van der Waals surface area contributed by atoms with Crippen LogP contribution >= 0.6 is 0 Å². The quantitative estimate of drug-likeness (QED) is 0.151. The maximum Gasteiger partial charge on any atom is 0.135 e. The zero-order valence-electron chi connectivity index (χ0n) is 41.9. The standard InChI is InChI=1S/C70H57NO/c1-69(2,3)53-42-52(43-54(45-53)70(4,5)6)59-27-16-20-50-21-17-28-62(68(50)59)60-24-10-13-30-65(60)71(64-29-12-9-23-58(64)51-38-41-67-63(44-51)61-25-11-14-31-66(61)72-67)55-39-36-47(37-40-55)46-32-34-49(35-33-46)57-26-15-19-48-18-7-8-22-56(48)57/h7-45H,1-6H3. The van der Waals surface area contributed by atoms with E-state index in [1.807, 2.05) is 12.1 Å². The predicted molar refractivity (Wildman–Crippen MR) is 308 cm³/mol. The van der Waals surface area contributed by atoms with Crippen molar-refractivity contribution < 1.29 is 4.42 Å². The van der Waals surface area contributed by atoms with Crippen molar-refractivity contribution in [1.82, 2.24) is 0 Å². The van der Waals surface area contributed by atoms with Crippen molar-refractivity contribution in [3.63, 3.8) is 0 Å². The van der Waals surface area contributed by atoms with Gasteiger partial charge in [0.25, 0.3) is 0 Å². The van der Waals surface area contributed by atoms with Crippen LogP contribution in [0.5, 0.6) is 0 Å². The first-order chi connectivity index (χ1) is 35.0. The highest BCUT2D eigenvalue weighted by Gasteiger charge is 2.25. The van der Waals surface area contributed by atoms with Gasteiger partial charge in [0.15, 0.2) is 0 Å². The van der Waals surface area contributed by atoms with Gasteiger partial charge < -0.3 is 9.32 Å². The monoisotopic (exact) mass is 927 g/mol. The first-order valence-corrected chi connectivity index (χ1v) is 25.2. The van der Waals surface area contributed by atoms with Gasteiger partial charge >= 0.3 is 0 Å². The highest BCUT2D eigenvalue weighted by atomic mass is 16.3. The van der Waals surface area contributed by atoms with Crippen molar-refractivity contribution in [2.45, 2.75) is 52.4 Å². The molecule has 2 heteroatoms. The van der Waals surface area contributed by atoms with Gasteiger partial charge in [-0.05, 0) is 130 Å². The van der Waals surface area contributed by atoms with Crippen molar-refractivity contribution in [2.75, 3.05) is 4.90 Å². The van der Waals surface area contributed by atoms with Crippen molar-refractivity contribution in [2.24, 2.45) is 0 Å². The molecule has 0 radical (unpaired) electrons. The van der Waals surface area contributed by atoms with E-state index >= 15 is 0 Å². The van der Waals surface area contributed by atoms with Gasteiger partial charge in [0.1, 0.15) is 11.2 Å². The fourth-order valence-corrected chi connectivity index (χ4v) is 10.7. The fourth-order valence-electron chi connectivity index (χ4n) is 10.7. The van der Waals surface area contributed by atoms with Crippen molar-refractivity contribution in [3.05, 3.63) is 248 Å². The van der Waals surface area contributed by atoms with E-state index in [2.05, 4.69) is 271 Å². The molecular weight excluding hydrogens is 871 g/mol. The molecular formula is C70H57NO. The normalized spacial score (nSPS) is 12.0. The summed E-state index contributed by atoms with van der Waals surface area (Å²) < 4.78 is 6.33. The lowest BCUT2D eigenvalue weighted by Crippen LogP contribution is -2.16. The first kappa shape index (κ1) is 44.7. The molecule has 0 spiro atoms. The summed E-state index contributed by atoms with van der Waals surface area (Å²) in [6.07, 6.45) is 0. The topological polar surface area (TPSA) is 16.4 Å². The van der Waals surface area contributed by atoms with Crippen LogP contribution in [0.1, 0.15) is 52.7 Å². The van der Waals surface area contributed by atoms with Crippen LogP contribution in [0.4, 0.5) is 17.1 Å². The summed E-state index contributed by atoms with van der Waals surface area (Å²) in [6, 6.07) is 86.9. The van der Waals surface area contributed by atoms with Crippen molar-refractivity contribution >= 4 is 60.5 Å². The Kier molecular flexibility index (Phi) is 11.0. The second-order valence-corrected chi connectivity index (χ2v) is 21.3. The Balaban J connectivity index is 1.03. The lowest BCUT2D eigenvalue weighted by atomic mass is 9.78. The average Bonchev–Trinajstić information content (AvgIpc) is 3.78. The third-order valence-corrected chi connectivity index (χ3v) is 14.6. The van der Waals surface area contributed by atoms with Crippen molar-refractivity contribution in [3.8, 4) is 55.6 Å². The maximum absolute atomic E-state index is 6.33. The molecule has 1 aromatic heterocycles. The molecule has 0 saturated carbocycles. The summed E-state index contributed by atoms with van der Waals surface area (Å²) >= 11 is 0. The molecule has 12 rings (SSSR count). The maximum atomic E-state index is 6.33. The summed E-state index contributed by atoms with van der Waals surface area (Å²) in [5.74, 6) is 0. The summed E-state index contributed by atoms with van der Waals surface area (Å²) in [5.41, 5.74) is 19.5. The molecule has 0 fully saturated rings. The van der Waals surface area contributed by atoms with Gasteiger partial charge in [-0.1, -0.05) is 236 Å². The molecule has 0 saturated heterocycles. The number of nitrogens with zero attached hydrogens (tertiary/aromatic N) is 1. The molecule has 2 nitrogen and oxygen atoms in total. The van der Waals surface area contributed by atoms with Crippen LogP contribution in [0.3, 0.4) is 0 Å². The summed E-state index contributed by atoms with van der Waals surface area (Å²) in [6.45, 7) is 13.9. The van der Waals surface area contributed by atoms with E-state index in [1.165, 1.54) is 66.1 Å². The first-order valence-electron chi connectivity index (χ1n) is 25.2. The Morgan fingerprint density at radius 1 is 0.306 bits per heavy atom. The van der Waals surface area contributed by atoms with E-state index < -0.39 is 0 Å². The van der Waals surface area contributed by atoms with Crippen LogP contribution in [0, 0.1) is 0 Å². The van der Waals surface area contributed by atoms with Crippen LogP contribution in [0.2, 0.25) is 0 Å². The predicted octanol–water partition coefficient (Wildman–Crippen LogP) is 20.3. The number of rotatable bonds is 8. The van der Waals surface area contributed by atoms with E-state index in [-0.39, 0.29) is 10.8 Å². The van der Waals surface area contributed by atoms with Gasteiger partial charge in [0.05, 0.1) is 11.4 Å². The van der Waals surface area contributed by atoms with E-state index in [9.17, 15) is 0 Å². The minimum atomic E-state index is -0.0182. The minimum Gasteiger partial charge on any atom is -0.456 e. The van der Waals surface area contributed by atoms with E-state index in [0.29, 0.717) is 0 Å². The smallest absolute Gasteiger partial charge is 0.135 e. The van der Waals surface area contributed by atoms with Crippen LogP contribution in [-0.2, 0) is 10.8 Å². The Labute approximate surface area is 423 Å². The number of anilines is 3. The summed E-state index contributed by atoms with van der Waals surface area (Å²) in [7, 11) is 0. The zero-order valence-corrected chi connectivity index (χ0v) is 41.9. The minimum absolute atomic E-state index is 0.0182. The highest BCUT2D eigenvalue weighted by molar-refractivity contribution is 6.10. The van der Waals surface area contributed by atoms with E-state index in [0.717, 1.165) is 61.3 Å². The van der Waals surface area contributed by atoms with Crippen LogP contribution in [0.25, 0.3) is 99.1 Å². The Bertz CT molecular complexity index is 3950. The number of hydrogen-bond acceptors (Lipinski definition) is 2. The number of benzene rings is 11. The summed E-state index contributed by atoms with van der Waals surface area (Å²) in [5, 5.41) is 7.19. The third-order valence-electron chi connectivity index (χ3n) is 14.6. The van der Waals surface area contributed by atoms with Crippen molar-refractivity contribution in [1.29, 1.82) is 0 Å². The molecule has 0 bridgehead atoms. The second-order valence-electron chi connectivity index (χ2n) is 21.3. The Hall–Kier alpha value is -8.46. The molecule has 0 unspecified atom stereocenters. The molecule has 11 aromatic carbocycles. The van der Waals surface area contributed by atoms with Gasteiger partial charge in [0, 0.05) is 27.6 Å². The number of furan rings is 1. The fraction of sp³-hybridized carbons (Fsp3) is 0.114. The SMILES string of the molecule is CC(C)(C)c1cc(-c2cccc3cccc(-c4ccccc4N(c4ccc(-c5ccc(-c6cccc7ccccc67)cc5)cc4)c4ccccc4-c4ccc5oc6ccccc6c5c4)c23)cc(C(C)(C)C)c1. The molecule has 0 amide bonds. The molecule has 0 aliphatic heterocycles. The molecule has 348 valence electrons. The molecule has 0 N–H and O–H groups in total. The lowest BCUT2D eigenvalue weighted by Gasteiger charge is -2.30. The van der Waals surface area contributed by atoms with Gasteiger partial charge in [-0.25, -0.2) is 0 Å². The second kappa shape index (κ2) is 17.7. The summed E-state index contributed by atoms with van der Waals surface area (Å²) in [4.78, 5) is 2.47. The molecule has 0 atom stereocenters. The molecule has 1 heterocycles. The molecule has 12 aromatic rings. The Morgan fingerprint density at radius 3 is 1.49 bits per heavy atom. The van der Waals surface area contributed by atoms with Crippen LogP contribution in [0.15, 0.2) is 241 Å². The largest absolute Gasteiger partial charge is 0.456 e. The number of hydrogen-bond donors (Lipinski definition) is 0. The van der Waals surface area contributed by atoms with Gasteiger partial charge in [-0.3, -0.25) is 0 Å². The number of fused-ring (bicyclic) bond motifs is 5. The van der Waals surface area contributed by atoms with Gasteiger partial charge in [0.2, 0.25) is 0 Å². The van der Waals surface area contributed by atoms with E-state index in [1.54, 1.807) is 0 Å². The third kappa shape index (κ3) is 8.13. The highest BCUT2D eigenvalue weighted by Crippen LogP contribution is 2.48. The van der Waals surface area contributed by atoms with Crippen LogP contribution in [-0.4, -0.2) is 0 Å². The van der Waals surface area contributed by atoms with Gasteiger partial charge in [-0.2, -0.15) is 0 Å². The Morgan fingerprint density at radius 2 is 0.792 bits per heavy atom. The zero-order chi connectivity index (χ0) is 49.1. The average molecular weight is 928 g/mol. The van der Waals surface area contributed by atoms with Gasteiger partial charge in [-0.15, -0.1) is 0 Å². The lowest BCUT2D eigenvalue weighted by molar-refractivity contribution is 0.569. The molecule has 0 aliphatic rings. The van der Waals surface area contributed by atoms with Crippen LogP contribution < -0.4 is 4.90 Å². The number of para-hydroxylation sites is 3. The molecule has 72 heavy (non-hydrogen) atoms.